The van der Waals surface area contributed by atoms with Gasteiger partial charge in [-0.05, 0) is 35.7 Å². The Kier molecular flexibility index (Phi) is 6.41. The number of benzene rings is 1. The third-order valence-electron chi connectivity index (χ3n) is 5.11. The number of urea groups is 1. The normalized spacial score (nSPS) is 14.2. The lowest BCUT2D eigenvalue weighted by atomic mass is 10.1. The van der Waals surface area contributed by atoms with E-state index in [1.807, 2.05) is 0 Å². The maximum atomic E-state index is 13.6. The highest BCUT2D eigenvalue weighted by Crippen LogP contribution is 2.39. The van der Waals surface area contributed by atoms with Crippen LogP contribution in [0.1, 0.15) is 32.9 Å². The van der Waals surface area contributed by atoms with Crippen LogP contribution in [0.5, 0.6) is 0 Å². The number of hydrogen-bond acceptors (Lipinski definition) is 5. The SMILES string of the molecule is O=C(CCc1cccnc1)c1sc(N2CCN(Cc3ccc(F)cc3)C2=O)nc1C(F)(F)F. The minimum absolute atomic E-state index is 0.133. The zero-order valence-electron chi connectivity index (χ0n) is 17.2. The van der Waals surface area contributed by atoms with Gasteiger partial charge in [-0.2, -0.15) is 13.2 Å². The number of aryl methyl sites for hydroxylation is 1. The molecule has 0 bridgehead atoms. The Morgan fingerprint density at radius 1 is 1.09 bits per heavy atom. The molecule has 3 aromatic rings. The van der Waals surface area contributed by atoms with Crippen LogP contribution in [0.3, 0.4) is 0 Å². The van der Waals surface area contributed by atoms with Gasteiger partial charge in [0.15, 0.2) is 16.6 Å². The molecule has 0 saturated carbocycles. The molecular formula is C22H18F4N4O2S. The fraction of sp³-hybridized carbons (Fsp3) is 0.273. The number of hydrogen-bond donors (Lipinski definition) is 0. The van der Waals surface area contributed by atoms with Crippen LogP contribution < -0.4 is 4.90 Å². The van der Waals surface area contributed by atoms with Gasteiger partial charge in [0.05, 0.1) is 0 Å². The first-order chi connectivity index (χ1) is 15.7. The van der Waals surface area contributed by atoms with Crippen LogP contribution in [0.4, 0.5) is 27.5 Å². The molecule has 1 aliphatic heterocycles. The van der Waals surface area contributed by atoms with Gasteiger partial charge < -0.3 is 4.90 Å². The summed E-state index contributed by atoms with van der Waals surface area (Å²) in [6.45, 7) is 0.583. The fourth-order valence-electron chi connectivity index (χ4n) is 3.44. The number of alkyl halides is 3. The van der Waals surface area contributed by atoms with E-state index in [0.717, 1.165) is 10.5 Å². The molecule has 33 heavy (non-hydrogen) atoms. The van der Waals surface area contributed by atoms with Crippen LogP contribution in [-0.4, -0.2) is 39.8 Å². The predicted molar refractivity (Wildman–Crippen MR) is 114 cm³/mol. The molecule has 2 aromatic heterocycles. The van der Waals surface area contributed by atoms with Crippen molar-refractivity contribution in [2.24, 2.45) is 0 Å². The summed E-state index contributed by atoms with van der Waals surface area (Å²) in [6.07, 6.45) is -1.61. The van der Waals surface area contributed by atoms with Crippen molar-refractivity contribution in [2.45, 2.75) is 25.6 Å². The number of pyridine rings is 1. The van der Waals surface area contributed by atoms with Crippen molar-refractivity contribution >= 4 is 28.3 Å². The number of carbonyl (C=O) groups excluding carboxylic acids is 2. The lowest BCUT2D eigenvalue weighted by Crippen LogP contribution is -2.31. The molecule has 6 nitrogen and oxygen atoms in total. The molecule has 0 aliphatic carbocycles. The van der Waals surface area contributed by atoms with Gasteiger partial charge in [-0.1, -0.05) is 29.5 Å². The van der Waals surface area contributed by atoms with Crippen molar-refractivity contribution < 1.29 is 27.2 Å². The average molecular weight is 478 g/mol. The summed E-state index contributed by atoms with van der Waals surface area (Å²) in [5.41, 5.74) is 0.145. The quantitative estimate of drug-likeness (QED) is 0.356. The van der Waals surface area contributed by atoms with Gasteiger partial charge >= 0.3 is 12.2 Å². The molecule has 1 saturated heterocycles. The monoisotopic (exact) mass is 478 g/mol. The van der Waals surface area contributed by atoms with Crippen molar-refractivity contribution in [3.8, 4) is 0 Å². The van der Waals surface area contributed by atoms with Gasteiger partial charge in [0.1, 0.15) is 10.7 Å². The van der Waals surface area contributed by atoms with Gasteiger partial charge in [0.2, 0.25) is 0 Å². The van der Waals surface area contributed by atoms with Crippen molar-refractivity contribution in [2.75, 3.05) is 18.0 Å². The van der Waals surface area contributed by atoms with Crippen LogP contribution in [0.15, 0.2) is 48.8 Å². The Morgan fingerprint density at radius 2 is 1.85 bits per heavy atom. The van der Waals surface area contributed by atoms with Crippen molar-refractivity contribution in [3.05, 3.63) is 76.3 Å². The molecule has 2 amide bonds. The number of nitrogens with zero attached hydrogens (tertiary/aromatic N) is 4. The van der Waals surface area contributed by atoms with Gasteiger partial charge in [0, 0.05) is 38.4 Å². The Balaban J connectivity index is 1.52. The molecule has 0 atom stereocenters. The first kappa shape index (κ1) is 22.8. The second-order valence-electron chi connectivity index (χ2n) is 7.44. The molecule has 1 aliphatic rings. The minimum Gasteiger partial charge on any atom is -0.318 e. The van der Waals surface area contributed by atoms with Crippen molar-refractivity contribution in [1.82, 2.24) is 14.9 Å². The number of Topliss-reactive ketones (excluding diaryl/α,β-unsaturated/α-hetero) is 1. The Labute approximate surface area is 190 Å². The van der Waals surface area contributed by atoms with Crippen LogP contribution in [0.25, 0.3) is 0 Å². The second kappa shape index (κ2) is 9.26. The lowest BCUT2D eigenvalue weighted by molar-refractivity contribution is -0.141. The fourth-order valence-corrected chi connectivity index (χ4v) is 4.51. The third kappa shape index (κ3) is 5.19. The van der Waals surface area contributed by atoms with E-state index in [4.69, 9.17) is 0 Å². The largest absolute Gasteiger partial charge is 0.435 e. The average Bonchev–Trinajstić information content (AvgIpc) is 3.39. The number of rotatable bonds is 7. The summed E-state index contributed by atoms with van der Waals surface area (Å²) in [4.78, 5) is 35.1. The Hall–Kier alpha value is -3.34. The molecule has 0 unspecified atom stereocenters. The van der Waals surface area contributed by atoms with E-state index in [2.05, 4.69) is 9.97 Å². The number of halogens is 4. The smallest absolute Gasteiger partial charge is 0.318 e. The number of anilines is 1. The standard InChI is InChI=1S/C22H18F4N4O2S/c23-16-6-3-15(4-7-16)13-29-10-11-30(21(29)32)20-28-19(22(24,25)26)18(33-20)17(31)8-5-14-2-1-9-27-12-14/h1-4,6-7,9,12H,5,8,10-11,13H2. The summed E-state index contributed by atoms with van der Waals surface area (Å²) in [7, 11) is 0. The van der Waals surface area contributed by atoms with E-state index < -0.39 is 34.4 Å². The van der Waals surface area contributed by atoms with Crippen LogP contribution in [-0.2, 0) is 19.1 Å². The number of ketones is 1. The molecule has 172 valence electrons. The maximum absolute atomic E-state index is 13.6. The van der Waals surface area contributed by atoms with E-state index in [1.54, 1.807) is 24.5 Å². The molecule has 4 rings (SSSR count). The van der Waals surface area contributed by atoms with E-state index in [-0.39, 0.29) is 37.6 Å². The highest BCUT2D eigenvalue weighted by atomic mass is 32.1. The highest BCUT2D eigenvalue weighted by Gasteiger charge is 2.41. The van der Waals surface area contributed by atoms with Crippen molar-refractivity contribution in [3.63, 3.8) is 0 Å². The Morgan fingerprint density at radius 3 is 2.52 bits per heavy atom. The van der Waals surface area contributed by atoms with E-state index in [9.17, 15) is 27.2 Å². The zero-order valence-corrected chi connectivity index (χ0v) is 18.0. The number of amides is 2. The topological polar surface area (TPSA) is 66.4 Å². The van der Waals surface area contributed by atoms with Gasteiger partial charge in [0.25, 0.3) is 0 Å². The summed E-state index contributed by atoms with van der Waals surface area (Å²) >= 11 is 0.573. The summed E-state index contributed by atoms with van der Waals surface area (Å²) in [5.74, 6) is -1.10. The van der Waals surface area contributed by atoms with Gasteiger partial charge in [-0.25, -0.2) is 14.2 Å². The third-order valence-corrected chi connectivity index (χ3v) is 6.23. The number of aromatic nitrogens is 2. The van der Waals surface area contributed by atoms with E-state index >= 15 is 0 Å². The molecule has 11 heteroatoms. The van der Waals surface area contributed by atoms with Crippen LogP contribution in [0.2, 0.25) is 0 Å². The van der Waals surface area contributed by atoms with Gasteiger partial charge in [-0.15, -0.1) is 0 Å². The Bertz CT molecular complexity index is 1150. The predicted octanol–water partition coefficient (Wildman–Crippen LogP) is 4.95. The zero-order chi connectivity index (χ0) is 23.6. The maximum Gasteiger partial charge on any atom is 0.435 e. The molecule has 3 heterocycles. The van der Waals surface area contributed by atoms with Crippen LogP contribution >= 0.6 is 11.3 Å². The lowest BCUT2D eigenvalue weighted by Gasteiger charge is -2.17. The van der Waals surface area contributed by atoms with Crippen LogP contribution in [0, 0.1) is 5.82 Å². The highest BCUT2D eigenvalue weighted by molar-refractivity contribution is 7.17. The molecule has 0 radical (unpaired) electrons. The van der Waals surface area contributed by atoms with Gasteiger partial charge in [-0.3, -0.25) is 14.7 Å². The second-order valence-corrected chi connectivity index (χ2v) is 8.42. The molecule has 0 spiro atoms. The summed E-state index contributed by atoms with van der Waals surface area (Å²) in [5, 5.41) is -0.168. The first-order valence-corrected chi connectivity index (χ1v) is 10.8. The van der Waals surface area contributed by atoms with Crippen molar-refractivity contribution in [1.29, 1.82) is 0 Å². The summed E-state index contributed by atoms with van der Waals surface area (Å²) < 4.78 is 53.9. The molecule has 1 aromatic carbocycles. The number of carbonyl (C=O) groups is 2. The van der Waals surface area contributed by atoms with E-state index in [1.165, 1.54) is 29.2 Å². The molecule has 1 fully saturated rings. The number of thiazole rings is 1. The molecule has 0 N–H and O–H groups in total. The first-order valence-electron chi connectivity index (χ1n) is 10.0. The summed E-state index contributed by atoms with van der Waals surface area (Å²) in [6, 6.07) is 8.52. The molecular weight excluding hydrogens is 460 g/mol. The van der Waals surface area contributed by atoms with E-state index in [0.29, 0.717) is 16.9 Å². The minimum atomic E-state index is -4.83.